The second kappa shape index (κ2) is 8.54. The highest BCUT2D eigenvalue weighted by Crippen LogP contribution is 2.43. The summed E-state index contributed by atoms with van der Waals surface area (Å²) in [5, 5.41) is 8.72. The summed E-state index contributed by atoms with van der Waals surface area (Å²) >= 11 is 0. The first-order chi connectivity index (χ1) is 15.7. The van der Waals surface area contributed by atoms with Crippen LogP contribution in [0.3, 0.4) is 0 Å². The van der Waals surface area contributed by atoms with Gasteiger partial charge in [0.1, 0.15) is 17.4 Å². The number of nitrogens with one attached hydrogen (secondary N) is 1. The number of halogens is 1. The van der Waals surface area contributed by atoms with Gasteiger partial charge < -0.3 is 9.64 Å². The molecule has 0 fully saturated rings. The number of ether oxygens (including phenoxy) is 1. The Labute approximate surface area is 192 Å². The Morgan fingerprint density at radius 3 is 2.42 bits per heavy atom. The average Bonchev–Trinajstić information content (AvgIpc) is 3.04. The molecule has 0 atom stereocenters. The fourth-order valence-electron chi connectivity index (χ4n) is 3.85. The Kier molecular flexibility index (Phi) is 5.76. The minimum atomic E-state index is -0.347. The van der Waals surface area contributed by atoms with Crippen LogP contribution >= 0.6 is 0 Å². The van der Waals surface area contributed by atoms with Gasteiger partial charge in [-0.25, -0.2) is 14.4 Å². The zero-order valence-electron chi connectivity index (χ0n) is 19.5. The van der Waals surface area contributed by atoms with Gasteiger partial charge in [0.2, 0.25) is 0 Å². The quantitative estimate of drug-likeness (QED) is 0.591. The van der Waals surface area contributed by atoms with Crippen LogP contribution in [-0.4, -0.2) is 37.7 Å². The van der Waals surface area contributed by atoms with Crippen molar-refractivity contribution in [2.24, 2.45) is 0 Å². The maximum absolute atomic E-state index is 14.7. The van der Waals surface area contributed by atoms with Gasteiger partial charge in [-0.15, -0.1) is 0 Å². The molecule has 168 valence electrons. The number of aryl methyl sites for hydroxylation is 2. The lowest BCUT2D eigenvalue weighted by Gasteiger charge is -2.19. The molecule has 4 heterocycles. The summed E-state index contributed by atoms with van der Waals surface area (Å²) in [5.74, 6) is 0.473. The van der Waals surface area contributed by atoms with E-state index >= 15 is 0 Å². The van der Waals surface area contributed by atoms with Crippen molar-refractivity contribution in [2.75, 3.05) is 7.05 Å². The summed E-state index contributed by atoms with van der Waals surface area (Å²) in [5.41, 5.74) is 6.09. The highest BCUT2D eigenvalue weighted by molar-refractivity contribution is 6.24. The van der Waals surface area contributed by atoms with Gasteiger partial charge in [-0.1, -0.05) is 5.57 Å². The smallest absolute Gasteiger partial charge is 0.322 e. The van der Waals surface area contributed by atoms with Gasteiger partial charge in [-0.05, 0) is 58.4 Å². The van der Waals surface area contributed by atoms with Gasteiger partial charge in [-0.2, -0.15) is 0 Å². The minimum absolute atomic E-state index is 0.244. The van der Waals surface area contributed by atoms with E-state index in [1.165, 1.54) is 0 Å². The van der Waals surface area contributed by atoms with Gasteiger partial charge >= 0.3 is 6.01 Å². The van der Waals surface area contributed by atoms with Crippen molar-refractivity contribution in [3.05, 3.63) is 82.0 Å². The molecule has 0 unspecified atom stereocenters. The molecule has 33 heavy (non-hydrogen) atoms. The van der Waals surface area contributed by atoms with Crippen LogP contribution in [0.25, 0.3) is 11.3 Å². The topological polar surface area (TPSA) is 87.9 Å². The number of hydrogen-bond donors (Lipinski definition) is 1. The number of hydrogen-bond acceptors (Lipinski definition) is 6. The SMILES string of the molecule is CC(C)=C1C(=N)N(C)C(c2cnc(C)c(F)c2C)=C1c1ccc(Oc2nccc(C)n2)cn1. The Bertz CT molecular complexity index is 1320. The van der Waals surface area contributed by atoms with Crippen LogP contribution in [0.15, 0.2) is 47.9 Å². The fourth-order valence-corrected chi connectivity index (χ4v) is 3.85. The van der Waals surface area contributed by atoms with Crippen molar-refractivity contribution in [1.82, 2.24) is 24.8 Å². The Balaban J connectivity index is 1.85. The maximum Gasteiger partial charge on any atom is 0.322 e. The van der Waals surface area contributed by atoms with Crippen molar-refractivity contribution in [1.29, 1.82) is 5.41 Å². The standard InChI is InChI=1S/C25H25FN6O/c1-13(2)20-21(19-8-7-17(11-30-19)33-25-28-10-9-14(3)31-25)23(32(6)24(20)27)18-12-29-16(5)22(26)15(18)4/h7-12,27H,1-6H3. The number of likely N-dealkylation sites (N-methyl/N-ethyl adjacent to an activating group) is 1. The van der Waals surface area contributed by atoms with Gasteiger partial charge in [0.05, 0.1) is 23.3 Å². The Morgan fingerprint density at radius 1 is 1.03 bits per heavy atom. The molecule has 3 aromatic rings. The fraction of sp³-hybridized carbons (Fsp3) is 0.240. The van der Waals surface area contributed by atoms with E-state index in [-0.39, 0.29) is 11.8 Å². The predicted molar refractivity (Wildman–Crippen MR) is 125 cm³/mol. The number of allylic oxidation sites excluding steroid dienone is 1. The van der Waals surface area contributed by atoms with Gasteiger partial charge in [0, 0.05) is 41.8 Å². The van der Waals surface area contributed by atoms with Crippen LogP contribution in [0.1, 0.15) is 42.1 Å². The highest BCUT2D eigenvalue weighted by atomic mass is 19.1. The predicted octanol–water partition coefficient (Wildman–Crippen LogP) is 5.25. The molecule has 0 saturated heterocycles. The summed E-state index contributed by atoms with van der Waals surface area (Å²) in [4.78, 5) is 19.0. The average molecular weight is 445 g/mol. The monoisotopic (exact) mass is 444 g/mol. The lowest BCUT2D eigenvalue weighted by Crippen LogP contribution is -2.20. The molecule has 0 amide bonds. The lowest BCUT2D eigenvalue weighted by molar-refractivity contribution is 0.438. The highest BCUT2D eigenvalue weighted by Gasteiger charge is 2.34. The molecule has 0 bridgehead atoms. The largest absolute Gasteiger partial charge is 0.423 e. The van der Waals surface area contributed by atoms with Crippen LogP contribution in [0.2, 0.25) is 0 Å². The van der Waals surface area contributed by atoms with Crippen molar-refractivity contribution >= 4 is 17.1 Å². The Hall–Kier alpha value is -3.94. The number of aromatic nitrogens is 4. The molecule has 0 aliphatic carbocycles. The summed E-state index contributed by atoms with van der Waals surface area (Å²) in [6.07, 6.45) is 4.89. The van der Waals surface area contributed by atoms with E-state index in [0.29, 0.717) is 39.8 Å². The van der Waals surface area contributed by atoms with E-state index in [1.807, 2.05) is 26.8 Å². The zero-order valence-corrected chi connectivity index (χ0v) is 19.5. The van der Waals surface area contributed by atoms with Crippen molar-refractivity contribution in [3.8, 4) is 11.8 Å². The second-order valence-corrected chi connectivity index (χ2v) is 8.16. The molecule has 1 N–H and O–H groups in total. The third kappa shape index (κ3) is 4.00. The van der Waals surface area contributed by atoms with E-state index in [1.54, 1.807) is 56.5 Å². The molecule has 0 spiro atoms. The molecular formula is C25H25FN6O. The molecule has 1 aliphatic rings. The van der Waals surface area contributed by atoms with E-state index in [2.05, 4.69) is 19.9 Å². The molecule has 1 aliphatic heterocycles. The Morgan fingerprint density at radius 2 is 1.79 bits per heavy atom. The first-order valence-corrected chi connectivity index (χ1v) is 10.5. The van der Waals surface area contributed by atoms with Crippen molar-refractivity contribution in [2.45, 2.75) is 34.6 Å². The summed E-state index contributed by atoms with van der Waals surface area (Å²) in [7, 11) is 1.80. The van der Waals surface area contributed by atoms with Crippen molar-refractivity contribution in [3.63, 3.8) is 0 Å². The summed E-state index contributed by atoms with van der Waals surface area (Å²) in [6, 6.07) is 5.64. The van der Waals surface area contributed by atoms with Crippen LogP contribution in [0.5, 0.6) is 11.8 Å². The van der Waals surface area contributed by atoms with Crippen LogP contribution in [0, 0.1) is 32.0 Å². The third-order valence-electron chi connectivity index (χ3n) is 5.56. The molecule has 0 radical (unpaired) electrons. The molecule has 0 aromatic carbocycles. The first-order valence-electron chi connectivity index (χ1n) is 10.5. The molecule has 7 nitrogen and oxygen atoms in total. The van der Waals surface area contributed by atoms with E-state index in [0.717, 1.165) is 22.4 Å². The van der Waals surface area contributed by atoms with E-state index < -0.39 is 0 Å². The van der Waals surface area contributed by atoms with Gasteiger partial charge in [-0.3, -0.25) is 15.4 Å². The third-order valence-corrected chi connectivity index (χ3v) is 5.56. The van der Waals surface area contributed by atoms with Gasteiger partial charge in [0.25, 0.3) is 0 Å². The van der Waals surface area contributed by atoms with E-state index in [4.69, 9.17) is 10.1 Å². The van der Waals surface area contributed by atoms with Crippen LogP contribution in [-0.2, 0) is 0 Å². The van der Waals surface area contributed by atoms with Crippen LogP contribution < -0.4 is 4.74 Å². The van der Waals surface area contributed by atoms with Crippen LogP contribution in [0.4, 0.5) is 4.39 Å². The molecule has 3 aromatic heterocycles. The summed E-state index contributed by atoms with van der Waals surface area (Å²) in [6.45, 7) is 9.14. The number of amidine groups is 1. The maximum atomic E-state index is 14.7. The number of nitrogens with zero attached hydrogens (tertiary/aromatic N) is 5. The molecule has 4 rings (SSSR count). The van der Waals surface area contributed by atoms with Crippen molar-refractivity contribution < 1.29 is 9.13 Å². The van der Waals surface area contributed by atoms with Gasteiger partial charge in [0.15, 0.2) is 0 Å². The summed E-state index contributed by atoms with van der Waals surface area (Å²) < 4.78 is 20.5. The molecule has 8 heteroatoms. The minimum Gasteiger partial charge on any atom is -0.423 e. The normalized spacial score (nSPS) is 13.7. The zero-order chi connectivity index (χ0) is 23.9. The number of rotatable bonds is 4. The molecule has 0 saturated carbocycles. The molecular weight excluding hydrogens is 419 g/mol. The first kappa shape index (κ1) is 22.3. The lowest BCUT2D eigenvalue weighted by atomic mass is 9.95. The number of pyridine rings is 2. The van der Waals surface area contributed by atoms with E-state index in [9.17, 15) is 4.39 Å². The second-order valence-electron chi connectivity index (χ2n) is 8.16.